The number of imide groups is 1. The van der Waals surface area contributed by atoms with Gasteiger partial charge in [-0.3, -0.25) is 4.79 Å². The van der Waals surface area contributed by atoms with Gasteiger partial charge in [-0.2, -0.15) is 0 Å². The van der Waals surface area contributed by atoms with Gasteiger partial charge in [0, 0.05) is 5.56 Å². The summed E-state index contributed by atoms with van der Waals surface area (Å²) in [5.74, 6) is -0.520. The molecule has 0 N–H and O–H groups in total. The first-order chi connectivity index (χ1) is 11.6. The summed E-state index contributed by atoms with van der Waals surface area (Å²) in [6.07, 6.45) is -0.723. The average Bonchev–Trinajstić information content (AvgIpc) is 2.76. The number of anilines is 1. The first-order valence-corrected chi connectivity index (χ1v) is 8.45. The summed E-state index contributed by atoms with van der Waals surface area (Å²) in [7, 11) is 0. The number of ether oxygens (including phenoxy) is 1. The van der Waals surface area contributed by atoms with Gasteiger partial charge in [0.2, 0.25) is 0 Å². The van der Waals surface area contributed by atoms with Crippen molar-refractivity contribution in [2.24, 2.45) is 0 Å². The van der Waals surface area contributed by atoms with Crippen LogP contribution in [0.15, 0.2) is 48.5 Å². The molecule has 0 fully saturated rings. The number of fused-ring (bicyclic) bond motifs is 1. The van der Waals surface area contributed by atoms with Crippen LogP contribution in [-0.4, -0.2) is 17.6 Å². The molecule has 25 heavy (non-hydrogen) atoms. The summed E-state index contributed by atoms with van der Waals surface area (Å²) in [5, 5.41) is 0. The van der Waals surface area contributed by atoms with E-state index in [9.17, 15) is 9.59 Å². The topological polar surface area (TPSA) is 46.6 Å². The van der Waals surface area contributed by atoms with Gasteiger partial charge in [-0.05, 0) is 39.3 Å². The van der Waals surface area contributed by atoms with Crippen molar-refractivity contribution in [3.63, 3.8) is 0 Å². The van der Waals surface area contributed by atoms with Crippen molar-refractivity contribution in [3.8, 4) is 0 Å². The number of amides is 2. The van der Waals surface area contributed by atoms with E-state index in [1.165, 1.54) is 0 Å². The van der Waals surface area contributed by atoms with E-state index in [4.69, 9.17) is 16.3 Å². The minimum atomic E-state index is -1.44. The van der Waals surface area contributed by atoms with Crippen LogP contribution in [0.3, 0.4) is 0 Å². The Morgan fingerprint density at radius 2 is 1.68 bits per heavy atom. The Labute approximate surface area is 152 Å². The number of aryl methyl sites for hydroxylation is 1. The van der Waals surface area contributed by atoms with E-state index in [0.29, 0.717) is 16.8 Å². The Balaban J connectivity index is 2.12. The maximum Gasteiger partial charge on any atom is 0.421 e. The fraction of sp³-hybridized carbons (Fsp3) is 0.300. The Hall–Kier alpha value is -2.33. The molecule has 0 saturated carbocycles. The Morgan fingerprint density at radius 3 is 2.28 bits per heavy atom. The highest BCUT2D eigenvalue weighted by atomic mass is 35.5. The van der Waals surface area contributed by atoms with Gasteiger partial charge in [0.05, 0.1) is 5.69 Å². The number of rotatable bonds is 1. The Kier molecular flexibility index (Phi) is 4.12. The third-order valence-corrected chi connectivity index (χ3v) is 4.62. The molecule has 0 saturated heterocycles. The second-order valence-corrected chi connectivity index (χ2v) is 7.73. The lowest BCUT2D eigenvalue weighted by atomic mass is 9.91. The third-order valence-electron chi connectivity index (χ3n) is 4.04. The van der Waals surface area contributed by atoms with Crippen molar-refractivity contribution in [1.29, 1.82) is 0 Å². The second kappa shape index (κ2) is 5.88. The van der Waals surface area contributed by atoms with Gasteiger partial charge in [0.15, 0.2) is 4.87 Å². The predicted molar refractivity (Wildman–Crippen MR) is 98.0 cm³/mol. The molecular formula is C20H20ClNO3. The number of carbonyl (C=O) groups excluding carboxylic acids is 2. The summed E-state index contributed by atoms with van der Waals surface area (Å²) < 4.78 is 5.40. The molecule has 0 spiro atoms. The lowest BCUT2D eigenvalue weighted by Gasteiger charge is -2.25. The largest absolute Gasteiger partial charge is 0.443 e. The number of alkyl halides is 1. The van der Waals surface area contributed by atoms with Crippen LogP contribution in [0.2, 0.25) is 0 Å². The highest BCUT2D eigenvalue weighted by Crippen LogP contribution is 2.49. The minimum Gasteiger partial charge on any atom is -0.443 e. The lowest BCUT2D eigenvalue weighted by molar-refractivity contribution is -0.119. The number of benzene rings is 2. The molecule has 0 unspecified atom stereocenters. The van der Waals surface area contributed by atoms with Crippen LogP contribution >= 0.6 is 11.6 Å². The summed E-state index contributed by atoms with van der Waals surface area (Å²) >= 11 is 6.84. The quantitative estimate of drug-likeness (QED) is 0.691. The van der Waals surface area contributed by atoms with Crippen LogP contribution in [0.1, 0.15) is 37.5 Å². The molecule has 0 aromatic heterocycles. The van der Waals surface area contributed by atoms with Crippen molar-refractivity contribution in [2.45, 2.75) is 38.2 Å². The number of hydrogen-bond acceptors (Lipinski definition) is 3. The highest BCUT2D eigenvalue weighted by molar-refractivity contribution is 6.44. The first kappa shape index (κ1) is 17.5. The van der Waals surface area contributed by atoms with Crippen molar-refractivity contribution in [2.75, 3.05) is 4.90 Å². The van der Waals surface area contributed by atoms with Crippen LogP contribution in [0, 0.1) is 6.92 Å². The Morgan fingerprint density at radius 1 is 1.08 bits per heavy atom. The number of hydrogen-bond donors (Lipinski definition) is 0. The van der Waals surface area contributed by atoms with Crippen molar-refractivity contribution >= 4 is 29.3 Å². The normalized spacial score (nSPS) is 19.7. The highest BCUT2D eigenvalue weighted by Gasteiger charge is 2.54. The number of para-hydroxylation sites is 1. The summed E-state index contributed by atoms with van der Waals surface area (Å²) in [6.45, 7) is 7.23. The standard InChI is InChI=1S/C20H20ClNO3/c1-13-9-11-14(12-10-13)20(21)15-7-5-6-8-16(15)22(17(20)23)18(24)25-19(2,3)4/h5-12H,1-4H3/t20-/m1/s1. The van der Waals surface area contributed by atoms with E-state index in [-0.39, 0.29) is 0 Å². The molecule has 1 aliphatic heterocycles. The molecule has 1 heterocycles. The summed E-state index contributed by atoms with van der Waals surface area (Å²) in [4.78, 5) is 25.4. The van der Waals surface area contributed by atoms with Gasteiger partial charge in [-0.25, -0.2) is 9.69 Å². The van der Waals surface area contributed by atoms with E-state index in [1.807, 2.05) is 31.2 Å². The molecule has 0 radical (unpaired) electrons. The second-order valence-electron chi connectivity index (χ2n) is 7.16. The van der Waals surface area contributed by atoms with Gasteiger partial charge < -0.3 is 4.74 Å². The number of halogens is 1. The molecule has 3 rings (SSSR count). The molecule has 5 heteroatoms. The minimum absolute atomic E-state index is 0.456. The van der Waals surface area contributed by atoms with Crippen molar-refractivity contribution in [1.82, 2.24) is 0 Å². The van der Waals surface area contributed by atoms with Gasteiger partial charge in [0.25, 0.3) is 5.91 Å². The van der Waals surface area contributed by atoms with Crippen LogP contribution in [0.25, 0.3) is 0 Å². The molecule has 2 amide bonds. The van der Waals surface area contributed by atoms with Gasteiger partial charge in [-0.1, -0.05) is 59.6 Å². The maximum atomic E-state index is 13.2. The van der Waals surface area contributed by atoms with Crippen molar-refractivity contribution < 1.29 is 14.3 Å². The lowest BCUT2D eigenvalue weighted by Crippen LogP contribution is -2.43. The average molecular weight is 358 g/mol. The molecular weight excluding hydrogens is 338 g/mol. The van der Waals surface area contributed by atoms with Crippen LogP contribution < -0.4 is 4.90 Å². The van der Waals surface area contributed by atoms with Crippen LogP contribution in [0.4, 0.5) is 10.5 Å². The van der Waals surface area contributed by atoms with E-state index in [0.717, 1.165) is 10.5 Å². The smallest absolute Gasteiger partial charge is 0.421 e. The molecule has 1 aliphatic rings. The fourth-order valence-electron chi connectivity index (χ4n) is 2.89. The monoisotopic (exact) mass is 357 g/mol. The zero-order valence-electron chi connectivity index (χ0n) is 14.7. The number of nitrogens with zero attached hydrogens (tertiary/aromatic N) is 1. The van der Waals surface area contributed by atoms with Gasteiger partial charge in [0.1, 0.15) is 5.60 Å². The molecule has 130 valence electrons. The molecule has 0 aliphatic carbocycles. The van der Waals surface area contributed by atoms with E-state index < -0.39 is 22.5 Å². The predicted octanol–water partition coefficient (Wildman–Crippen LogP) is 4.76. The first-order valence-electron chi connectivity index (χ1n) is 8.08. The molecule has 0 bridgehead atoms. The summed E-state index contributed by atoms with van der Waals surface area (Å²) in [5.41, 5.74) is 2.01. The summed E-state index contributed by atoms with van der Waals surface area (Å²) in [6, 6.07) is 14.5. The van der Waals surface area contributed by atoms with Gasteiger partial charge >= 0.3 is 6.09 Å². The van der Waals surface area contributed by atoms with E-state index in [2.05, 4.69) is 0 Å². The molecule has 4 nitrogen and oxygen atoms in total. The van der Waals surface area contributed by atoms with E-state index in [1.54, 1.807) is 45.0 Å². The third kappa shape index (κ3) is 2.91. The SMILES string of the molecule is Cc1ccc([C@]2(Cl)C(=O)N(C(=O)OC(C)(C)C)c3ccccc32)cc1. The van der Waals surface area contributed by atoms with Crippen LogP contribution in [0.5, 0.6) is 0 Å². The molecule has 2 aromatic rings. The Bertz CT molecular complexity index is 839. The molecule has 1 atom stereocenters. The van der Waals surface area contributed by atoms with E-state index >= 15 is 0 Å². The van der Waals surface area contributed by atoms with Gasteiger partial charge in [-0.15, -0.1) is 0 Å². The molecule has 2 aromatic carbocycles. The maximum absolute atomic E-state index is 13.2. The van der Waals surface area contributed by atoms with Crippen LogP contribution in [-0.2, 0) is 14.4 Å². The fourth-order valence-corrected chi connectivity index (χ4v) is 3.26. The zero-order valence-corrected chi connectivity index (χ0v) is 15.4. The number of carbonyl (C=O) groups is 2. The zero-order chi connectivity index (χ0) is 18.4. The van der Waals surface area contributed by atoms with Crippen molar-refractivity contribution in [3.05, 3.63) is 65.2 Å².